The first-order valence-electron chi connectivity index (χ1n) is 10.2. The van der Waals surface area contributed by atoms with Gasteiger partial charge in [0.25, 0.3) is 0 Å². The van der Waals surface area contributed by atoms with Gasteiger partial charge in [-0.3, -0.25) is 14.8 Å². The van der Waals surface area contributed by atoms with Crippen molar-refractivity contribution < 1.29 is 14.3 Å². The molecule has 0 spiro atoms. The van der Waals surface area contributed by atoms with E-state index in [1.54, 1.807) is 43.3 Å². The number of ether oxygens (including phenoxy) is 1. The standard InChI is InChI=1S/C21H24N8O3/c1-4-16(30)14-10-23-17(27-21(31)25-12-5-6-12)9-15(14)26-20-18(32-3)13(7-8-22-20)19-24-11-29(2)28-19/h7-12H,4-6H2,1-3H3,(H3,22,23,25,26,27,31). The number of methoxy groups -OCH3 is 1. The minimum absolute atomic E-state index is 0.101. The Balaban J connectivity index is 1.68. The van der Waals surface area contributed by atoms with Gasteiger partial charge in [-0.05, 0) is 18.9 Å². The Bertz CT molecular complexity index is 1160. The van der Waals surface area contributed by atoms with Crippen LogP contribution in [0.25, 0.3) is 11.4 Å². The lowest BCUT2D eigenvalue weighted by atomic mass is 10.1. The zero-order valence-electron chi connectivity index (χ0n) is 18.0. The van der Waals surface area contributed by atoms with E-state index < -0.39 is 0 Å². The molecule has 0 bridgehead atoms. The number of nitrogens with one attached hydrogen (secondary N) is 3. The van der Waals surface area contributed by atoms with E-state index in [0.29, 0.717) is 46.4 Å². The number of aromatic nitrogens is 5. The summed E-state index contributed by atoms with van der Waals surface area (Å²) >= 11 is 0. The van der Waals surface area contributed by atoms with Crippen LogP contribution in [0.2, 0.25) is 0 Å². The smallest absolute Gasteiger partial charge is 0.320 e. The SMILES string of the molecule is CCC(=O)c1cnc(NC(=O)NC2CC2)cc1Nc1nccc(-c2ncn(C)n2)c1OC. The van der Waals surface area contributed by atoms with Crippen LogP contribution in [0.15, 0.2) is 30.9 Å². The maximum Gasteiger partial charge on any atom is 0.320 e. The van der Waals surface area contributed by atoms with Crippen LogP contribution in [0.3, 0.4) is 0 Å². The van der Waals surface area contributed by atoms with E-state index in [9.17, 15) is 9.59 Å². The molecule has 0 unspecified atom stereocenters. The highest BCUT2D eigenvalue weighted by molar-refractivity contribution is 6.02. The largest absolute Gasteiger partial charge is 0.492 e. The fourth-order valence-electron chi connectivity index (χ4n) is 3.12. The number of amides is 2. The maximum absolute atomic E-state index is 12.5. The number of hydrogen-bond acceptors (Lipinski definition) is 8. The van der Waals surface area contributed by atoms with Gasteiger partial charge in [0.1, 0.15) is 12.1 Å². The van der Waals surface area contributed by atoms with Gasteiger partial charge in [0.2, 0.25) is 0 Å². The van der Waals surface area contributed by atoms with Crippen LogP contribution in [-0.2, 0) is 7.05 Å². The number of hydrogen-bond donors (Lipinski definition) is 3. The number of rotatable bonds is 8. The Kier molecular flexibility index (Phi) is 5.97. The van der Waals surface area contributed by atoms with E-state index >= 15 is 0 Å². The van der Waals surface area contributed by atoms with Crippen LogP contribution in [0.1, 0.15) is 36.5 Å². The molecule has 32 heavy (non-hydrogen) atoms. The molecule has 11 heteroatoms. The van der Waals surface area contributed by atoms with Crippen LogP contribution in [0.5, 0.6) is 5.75 Å². The van der Waals surface area contributed by atoms with E-state index in [1.807, 2.05) is 0 Å². The number of carbonyl (C=O) groups is 2. The quantitative estimate of drug-likeness (QED) is 0.459. The molecule has 1 aliphatic carbocycles. The van der Waals surface area contributed by atoms with Gasteiger partial charge < -0.3 is 15.4 Å². The first-order valence-corrected chi connectivity index (χ1v) is 10.2. The number of ketones is 1. The molecule has 3 heterocycles. The van der Waals surface area contributed by atoms with Gasteiger partial charge in [0.05, 0.1) is 23.9 Å². The van der Waals surface area contributed by atoms with Gasteiger partial charge in [0, 0.05) is 38.0 Å². The molecule has 2 amide bonds. The summed E-state index contributed by atoms with van der Waals surface area (Å²) in [5.41, 5.74) is 1.47. The Morgan fingerprint density at radius 1 is 1.25 bits per heavy atom. The molecule has 4 rings (SSSR count). The second kappa shape index (κ2) is 9.00. The van der Waals surface area contributed by atoms with Crippen molar-refractivity contribution in [3.05, 3.63) is 36.4 Å². The van der Waals surface area contributed by atoms with Gasteiger partial charge >= 0.3 is 6.03 Å². The first kappa shape index (κ1) is 21.2. The predicted octanol–water partition coefficient (Wildman–Crippen LogP) is 2.90. The predicted molar refractivity (Wildman–Crippen MR) is 118 cm³/mol. The monoisotopic (exact) mass is 436 g/mol. The van der Waals surface area contributed by atoms with Gasteiger partial charge in [-0.25, -0.2) is 19.7 Å². The average molecular weight is 436 g/mol. The van der Waals surface area contributed by atoms with Gasteiger partial charge in [-0.1, -0.05) is 6.92 Å². The number of pyridine rings is 2. The van der Waals surface area contributed by atoms with Crippen LogP contribution < -0.4 is 20.7 Å². The molecular formula is C21H24N8O3. The van der Waals surface area contributed by atoms with Crippen molar-refractivity contribution >= 4 is 29.1 Å². The molecule has 3 N–H and O–H groups in total. The van der Waals surface area contributed by atoms with Crippen molar-refractivity contribution in [1.82, 2.24) is 30.0 Å². The molecule has 3 aromatic rings. The molecule has 3 aromatic heterocycles. The van der Waals surface area contributed by atoms with Crippen molar-refractivity contribution in [2.75, 3.05) is 17.7 Å². The van der Waals surface area contributed by atoms with E-state index in [4.69, 9.17) is 4.74 Å². The number of anilines is 3. The molecule has 1 saturated carbocycles. The Hall–Kier alpha value is -4.02. The molecule has 166 valence electrons. The van der Waals surface area contributed by atoms with Crippen LogP contribution in [0.4, 0.5) is 22.1 Å². The fourth-order valence-corrected chi connectivity index (χ4v) is 3.12. The minimum atomic E-state index is -0.334. The normalized spacial score (nSPS) is 12.8. The van der Waals surface area contributed by atoms with E-state index in [2.05, 4.69) is 36.0 Å². The number of urea groups is 1. The molecular weight excluding hydrogens is 412 g/mol. The maximum atomic E-state index is 12.5. The van der Waals surface area contributed by atoms with Gasteiger partial charge in [-0.15, -0.1) is 0 Å². The molecule has 0 saturated heterocycles. The van der Waals surface area contributed by atoms with Gasteiger partial charge in [0.15, 0.2) is 23.2 Å². The summed E-state index contributed by atoms with van der Waals surface area (Å²) in [6.45, 7) is 1.77. The average Bonchev–Trinajstić information content (AvgIpc) is 3.49. The molecule has 11 nitrogen and oxygen atoms in total. The van der Waals surface area contributed by atoms with Crippen molar-refractivity contribution in [2.45, 2.75) is 32.2 Å². The second-order valence-corrected chi connectivity index (χ2v) is 7.37. The van der Waals surface area contributed by atoms with Crippen LogP contribution >= 0.6 is 0 Å². The fraction of sp³-hybridized carbons (Fsp3) is 0.333. The summed E-state index contributed by atoms with van der Waals surface area (Å²) in [5, 5.41) is 13.0. The summed E-state index contributed by atoms with van der Waals surface area (Å²) in [7, 11) is 3.30. The lowest BCUT2D eigenvalue weighted by molar-refractivity contribution is 0.0988. The van der Waals surface area contributed by atoms with Gasteiger partial charge in [-0.2, -0.15) is 5.10 Å². The third-order valence-corrected chi connectivity index (χ3v) is 4.88. The molecule has 0 aromatic carbocycles. The Morgan fingerprint density at radius 3 is 2.72 bits per heavy atom. The van der Waals surface area contributed by atoms with Crippen molar-refractivity contribution in [1.29, 1.82) is 0 Å². The third-order valence-electron chi connectivity index (χ3n) is 4.88. The highest BCUT2D eigenvalue weighted by Crippen LogP contribution is 2.35. The molecule has 0 atom stereocenters. The van der Waals surface area contributed by atoms with E-state index in [0.717, 1.165) is 12.8 Å². The number of Topliss-reactive ketones (excluding diaryl/α,β-unsaturated/α-hetero) is 1. The minimum Gasteiger partial charge on any atom is -0.492 e. The van der Waals surface area contributed by atoms with Crippen LogP contribution in [-0.4, -0.2) is 49.7 Å². The zero-order chi connectivity index (χ0) is 22.7. The van der Waals surface area contributed by atoms with Crippen molar-refractivity contribution in [3.8, 4) is 17.1 Å². The summed E-state index contributed by atoms with van der Waals surface area (Å²) in [6, 6.07) is 3.23. The lowest BCUT2D eigenvalue weighted by Gasteiger charge is -2.16. The van der Waals surface area contributed by atoms with E-state index in [-0.39, 0.29) is 17.9 Å². The number of nitrogens with zero attached hydrogens (tertiary/aromatic N) is 5. The Labute approximate surface area is 184 Å². The summed E-state index contributed by atoms with van der Waals surface area (Å²) in [4.78, 5) is 37.5. The third kappa shape index (κ3) is 4.66. The number of aryl methyl sites for hydroxylation is 1. The van der Waals surface area contributed by atoms with E-state index in [1.165, 1.54) is 13.3 Å². The highest BCUT2D eigenvalue weighted by Gasteiger charge is 2.24. The summed E-state index contributed by atoms with van der Waals surface area (Å²) in [6.07, 6.45) is 6.88. The van der Waals surface area contributed by atoms with Crippen LogP contribution in [0, 0.1) is 0 Å². The highest BCUT2D eigenvalue weighted by atomic mass is 16.5. The van der Waals surface area contributed by atoms with Crippen molar-refractivity contribution in [2.24, 2.45) is 7.05 Å². The number of carbonyl (C=O) groups excluding carboxylic acids is 2. The van der Waals surface area contributed by atoms with Crippen molar-refractivity contribution in [3.63, 3.8) is 0 Å². The molecule has 0 aliphatic heterocycles. The molecule has 1 aliphatic rings. The summed E-state index contributed by atoms with van der Waals surface area (Å²) in [5.74, 6) is 1.48. The molecule has 0 radical (unpaired) electrons. The second-order valence-electron chi connectivity index (χ2n) is 7.37. The lowest BCUT2D eigenvalue weighted by Crippen LogP contribution is -2.30. The first-order chi connectivity index (χ1) is 15.5. The molecule has 1 fully saturated rings. The zero-order valence-corrected chi connectivity index (χ0v) is 18.0. The Morgan fingerprint density at radius 2 is 2.06 bits per heavy atom. The summed E-state index contributed by atoms with van der Waals surface area (Å²) < 4.78 is 7.18. The topological polar surface area (TPSA) is 136 Å².